The van der Waals surface area contributed by atoms with Crippen LogP contribution in [0.15, 0.2) is 0 Å². The smallest absolute Gasteiger partial charge is 0.0547 e. The van der Waals surface area contributed by atoms with Gasteiger partial charge in [-0.05, 0) is 32.1 Å². The molecule has 0 aliphatic carbocycles. The molecule has 1 heteroatoms. The summed E-state index contributed by atoms with van der Waals surface area (Å²) in [5.41, 5.74) is 0. The van der Waals surface area contributed by atoms with Crippen molar-refractivity contribution in [2.45, 2.75) is 58.5 Å². The van der Waals surface area contributed by atoms with Crippen LogP contribution in [0.3, 0.4) is 0 Å². The summed E-state index contributed by atoms with van der Waals surface area (Å²) in [7, 11) is 0. The molecule has 0 radical (unpaired) electrons. The van der Waals surface area contributed by atoms with E-state index in [0.717, 1.165) is 12.5 Å². The van der Waals surface area contributed by atoms with Crippen LogP contribution in [0.1, 0.15) is 52.4 Å². The Morgan fingerprint density at radius 1 is 0.917 bits per heavy atom. The van der Waals surface area contributed by atoms with Gasteiger partial charge in [-0.25, -0.2) is 0 Å². The first kappa shape index (κ1) is 10.0. The highest BCUT2D eigenvalue weighted by atomic mass is 16.5. The Morgan fingerprint density at radius 2 is 1.75 bits per heavy atom. The van der Waals surface area contributed by atoms with Crippen LogP contribution in [-0.4, -0.2) is 12.7 Å². The van der Waals surface area contributed by atoms with Gasteiger partial charge in [-0.2, -0.15) is 0 Å². The third kappa shape index (κ3) is 4.10. The highest BCUT2D eigenvalue weighted by Crippen LogP contribution is 2.18. The normalized spacial score (nSPS) is 34.5. The predicted molar refractivity (Wildman–Crippen MR) is 52.3 cm³/mol. The number of hydrogen-bond donors (Lipinski definition) is 0. The Morgan fingerprint density at radius 3 is 2.58 bits per heavy atom. The highest BCUT2D eigenvalue weighted by molar-refractivity contribution is 4.60. The zero-order valence-corrected chi connectivity index (χ0v) is 8.51. The van der Waals surface area contributed by atoms with Gasteiger partial charge in [-0.15, -0.1) is 0 Å². The quantitative estimate of drug-likeness (QED) is 0.541. The van der Waals surface area contributed by atoms with Crippen molar-refractivity contribution in [3.05, 3.63) is 0 Å². The Labute approximate surface area is 76.5 Å². The van der Waals surface area contributed by atoms with Crippen molar-refractivity contribution in [2.24, 2.45) is 5.92 Å². The van der Waals surface area contributed by atoms with E-state index in [1.165, 1.54) is 38.5 Å². The summed E-state index contributed by atoms with van der Waals surface area (Å²) < 4.78 is 5.67. The fraction of sp³-hybridized carbons (Fsp3) is 1.00. The molecular weight excluding hydrogens is 148 g/mol. The van der Waals surface area contributed by atoms with E-state index in [0.29, 0.717) is 6.10 Å². The fourth-order valence-corrected chi connectivity index (χ4v) is 1.80. The minimum atomic E-state index is 0.491. The van der Waals surface area contributed by atoms with Gasteiger partial charge in [0.05, 0.1) is 6.10 Å². The van der Waals surface area contributed by atoms with E-state index in [-0.39, 0.29) is 0 Å². The van der Waals surface area contributed by atoms with Crippen molar-refractivity contribution >= 4 is 0 Å². The van der Waals surface area contributed by atoms with Crippen LogP contribution in [0, 0.1) is 5.92 Å². The molecule has 0 aromatic carbocycles. The first-order valence-electron chi connectivity index (χ1n) is 5.40. The second-order valence-electron chi connectivity index (χ2n) is 4.21. The summed E-state index contributed by atoms with van der Waals surface area (Å²) >= 11 is 0. The first-order chi connectivity index (χ1) is 5.79. The van der Waals surface area contributed by atoms with Crippen LogP contribution in [0.4, 0.5) is 0 Å². The molecule has 1 fully saturated rings. The Balaban J connectivity index is 2.23. The largest absolute Gasteiger partial charge is 0.379 e. The average Bonchev–Trinajstić information content (AvgIpc) is 2.07. The molecule has 1 nitrogen and oxygen atoms in total. The molecule has 1 saturated heterocycles. The molecule has 0 amide bonds. The second kappa shape index (κ2) is 5.58. The molecule has 0 N–H and O–H groups in total. The van der Waals surface area contributed by atoms with Crippen LogP contribution in [-0.2, 0) is 4.74 Å². The molecule has 1 aliphatic rings. The average molecular weight is 170 g/mol. The number of rotatable bonds is 0. The third-order valence-corrected chi connectivity index (χ3v) is 2.81. The second-order valence-corrected chi connectivity index (χ2v) is 4.21. The molecule has 0 aromatic rings. The van der Waals surface area contributed by atoms with Gasteiger partial charge in [0.25, 0.3) is 0 Å². The molecule has 0 saturated carbocycles. The molecule has 0 spiro atoms. The van der Waals surface area contributed by atoms with Gasteiger partial charge in [0.1, 0.15) is 0 Å². The summed E-state index contributed by atoms with van der Waals surface area (Å²) in [5.74, 6) is 0.911. The number of hydrogen-bond acceptors (Lipinski definition) is 1. The Hall–Kier alpha value is -0.0400. The van der Waals surface area contributed by atoms with E-state index in [4.69, 9.17) is 4.74 Å². The maximum atomic E-state index is 5.67. The standard InChI is InChI=1S/C11H22O/c1-10-6-4-3-5-9-12-11(2)8-7-10/h10-11H,3-9H2,1-2H3. The summed E-state index contributed by atoms with van der Waals surface area (Å²) in [4.78, 5) is 0. The molecule has 1 rings (SSSR count). The highest BCUT2D eigenvalue weighted by Gasteiger charge is 2.08. The minimum absolute atomic E-state index is 0.491. The Bertz CT molecular complexity index is 97.6. The van der Waals surface area contributed by atoms with E-state index in [1.807, 2.05) is 0 Å². The molecule has 12 heavy (non-hydrogen) atoms. The van der Waals surface area contributed by atoms with Crippen LogP contribution in [0.2, 0.25) is 0 Å². The monoisotopic (exact) mass is 170 g/mol. The Kier molecular flexibility index (Phi) is 4.67. The molecule has 0 bridgehead atoms. The van der Waals surface area contributed by atoms with Crippen LogP contribution >= 0.6 is 0 Å². The van der Waals surface area contributed by atoms with Gasteiger partial charge >= 0.3 is 0 Å². The molecule has 72 valence electrons. The van der Waals surface area contributed by atoms with Gasteiger partial charge in [-0.3, -0.25) is 0 Å². The van der Waals surface area contributed by atoms with Crippen molar-refractivity contribution in [3.8, 4) is 0 Å². The maximum absolute atomic E-state index is 5.67. The molecule has 1 aliphatic heterocycles. The molecule has 2 unspecified atom stereocenters. The van der Waals surface area contributed by atoms with Crippen molar-refractivity contribution < 1.29 is 4.74 Å². The van der Waals surface area contributed by atoms with Crippen molar-refractivity contribution in [1.29, 1.82) is 0 Å². The van der Waals surface area contributed by atoms with Gasteiger partial charge in [0.15, 0.2) is 0 Å². The maximum Gasteiger partial charge on any atom is 0.0547 e. The lowest BCUT2D eigenvalue weighted by Gasteiger charge is -2.18. The van der Waals surface area contributed by atoms with Crippen molar-refractivity contribution in [2.75, 3.05) is 6.61 Å². The van der Waals surface area contributed by atoms with E-state index in [9.17, 15) is 0 Å². The predicted octanol–water partition coefficient (Wildman–Crippen LogP) is 3.38. The van der Waals surface area contributed by atoms with E-state index >= 15 is 0 Å². The molecule has 2 atom stereocenters. The summed E-state index contributed by atoms with van der Waals surface area (Å²) in [5, 5.41) is 0. The minimum Gasteiger partial charge on any atom is -0.379 e. The van der Waals surface area contributed by atoms with E-state index in [2.05, 4.69) is 13.8 Å². The van der Waals surface area contributed by atoms with Gasteiger partial charge in [0.2, 0.25) is 0 Å². The lowest BCUT2D eigenvalue weighted by molar-refractivity contribution is 0.0500. The third-order valence-electron chi connectivity index (χ3n) is 2.81. The summed E-state index contributed by atoms with van der Waals surface area (Å²) in [6, 6.07) is 0. The van der Waals surface area contributed by atoms with Gasteiger partial charge in [-0.1, -0.05) is 26.2 Å². The zero-order chi connectivity index (χ0) is 8.81. The van der Waals surface area contributed by atoms with Crippen LogP contribution in [0.5, 0.6) is 0 Å². The first-order valence-corrected chi connectivity index (χ1v) is 5.40. The SMILES string of the molecule is CC1CCCCCOC(C)CC1. The van der Waals surface area contributed by atoms with Crippen molar-refractivity contribution in [3.63, 3.8) is 0 Å². The van der Waals surface area contributed by atoms with E-state index < -0.39 is 0 Å². The molecule has 1 heterocycles. The lowest BCUT2D eigenvalue weighted by atomic mass is 9.96. The van der Waals surface area contributed by atoms with Gasteiger partial charge < -0.3 is 4.74 Å². The molecular formula is C11H22O. The lowest BCUT2D eigenvalue weighted by Crippen LogP contribution is -2.12. The van der Waals surface area contributed by atoms with Crippen LogP contribution < -0.4 is 0 Å². The summed E-state index contributed by atoms with van der Waals surface area (Å²) in [6.07, 6.45) is 8.53. The number of ether oxygens (including phenoxy) is 1. The fourth-order valence-electron chi connectivity index (χ4n) is 1.80. The van der Waals surface area contributed by atoms with Gasteiger partial charge in [0, 0.05) is 6.61 Å². The van der Waals surface area contributed by atoms with Crippen LogP contribution in [0.25, 0.3) is 0 Å². The van der Waals surface area contributed by atoms with E-state index in [1.54, 1.807) is 0 Å². The zero-order valence-electron chi connectivity index (χ0n) is 8.51. The summed E-state index contributed by atoms with van der Waals surface area (Å²) in [6.45, 7) is 5.55. The topological polar surface area (TPSA) is 9.23 Å². The van der Waals surface area contributed by atoms with Crippen molar-refractivity contribution in [1.82, 2.24) is 0 Å². The molecule has 0 aromatic heterocycles.